The molecule has 2 aromatic heterocycles. The minimum atomic E-state index is -0.0622. The van der Waals surface area contributed by atoms with Crippen molar-refractivity contribution in [3.63, 3.8) is 0 Å². The van der Waals surface area contributed by atoms with Gasteiger partial charge in [-0.05, 0) is 54.4 Å². The Balaban J connectivity index is 1.32. The van der Waals surface area contributed by atoms with E-state index in [0.717, 1.165) is 39.9 Å². The third kappa shape index (κ3) is 5.24. The van der Waals surface area contributed by atoms with Gasteiger partial charge in [0, 0.05) is 39.9 Å². The van der Waals surface area contributed by atoms with Crippen LogP contribution in [0.4, 0.5) is 0 Å². The molecular weight excluding hydrogens is 494 g/mol. The highest BCUT2D eigenvalue weighted by Crippen LogP contribution is 2.32. The van der Waals surface area contributed by atoms with Crippen LogP contribution in [0.25, 0.3) is 28.0 Å². The molecule has 36 heavy (non-hydrogen) atoms. The SMILES string of the molecule is COc1ccc(CCNC(=O)CSc2nnc(-c3c[nH]c4ccccc34)n2-c2ccc(Cl)cc2)cc1. The number of hydrogen-bond donors (Lipinski definition) is 2. The van der Waals surface area contributed by atoms with E-state index < -0.39 is 0 Å². The van der Waals surface area contributed by atoms with Crippen LogP contribution in [0.5, 0.6) is 5.75 Å². The number of fused-ring (bicyclic) bond motifs is 1. The van der Waals surface area contributed by atoms with Crippen molar-refractivity contribution in [1.29, 1.82) is 0 Å². The van der Waals surface area contributed by atoms with Crippen LogP contribution in [0.3, 0.4) is 0 Å². The van der Waals surface area contributed by atoms with Crippen LogP contribution in [-0.4, -0.2) is 45.1 Å². The first-order valence-corrected chi connectivity index (χ1v) is 12.8. The quantitative estimate of drug-likeness (QED) is 0.251. The van der Waals surface area contributed by atoms with E-state index in [1.807, 2.05) is 83.6 Å². The van der Waals surface area contributed by atoms with Gasteiger partial charge in [0.05, 0.1) is 12.9 Å². The number of nitrogens with zero attached hydrogens (tertiary/aromatic N) is 3. The van der Waals surface area contributed by atoms with Gasteiger partial charge in [0.15, 0.2) is 11.0 Å². The highest BCUT2D eigenvalue weighted by atomic mass is 35.5. The van der Waals surface area contributed by atoms with Gasteiger partial charge < -0.3 is 15.0 Å². The number of halogens is 1. The predicted octanol–water partition coefficient (Wildman–Crippen LogP) is 5.53. The first-order valence-electron chi connectivity index (χ1n) is 11.4. The zero-order chi connectivity index (χ0) is 24.9. The molecule has 0 spiro atoms. The maximum absolute atomic E-state index is 12.6. The van der Waals surface area contributed by atoms with Crippen LogP contribution in [0.15, 0.2) is 84.1 Å². The van der Waals surface area contributed by atoms with Crippen LogP contribution in [0, 0.1) is 0 Å². The summed E-state index contributed by atoms with van der Waals surface area (Å²) in [5.74, 6) is 1.67. The van der Waals surface area contributed by atoms with Crippen molar-refractivity contribution in [2.75, 3.05) is 19.4 Å². The minimum Gasteiger partial charge on any atom is -0.497 e. The number of H-pyrrole nitrogens is 1. The van der Waals surface area contributed by atoms with Crippen molar-refractivity contribution in [3.05, 3.63) is 89.6 Å². The van der Waals surface area contributed by atoms with Crippen LogP contribution >= 0.6 is 23.4 Å². The Hall–Kier alpha value is -3.75. The number of amides is 1. The molecule has 2 heterocycles. The molecule has 0 saturated heterocycles. The fraction of sp³-hybridized carbons (Fsp3) is 0.148. The zero-order valence-electron chi connectivity index (χ0n) is 19.6. The molecule has 0 fully saturated rings. The summed E-state index contributed by atoms with van der Waals surface area (Å²) in [6.45, 7) is 0.552. The third-order valence-electron chi connectivity index (χ3n) is 5.78. The van der Waals surface area contributed by atoms with Crippen molar-refractivity contribution in [3.8, 4) is 22.8 Å². The van der Waals surface area contributed by atoms with Crippen molar-refractivity contribution < 1.29 is 9.53 Å². The summed E-state index contributed by atoms with van der Waals surface area (Å²) in [6, 6.07) is 23.4. The van der Waals surface area contributed by atoms with Gasteiger partial charge in [-0.1, -0.05) is 53.7 Å². The lowest BCUT2D eigenvalue weighted by atomic mass is 10.1. The third-order valence-corrected chi connectivity index (χ3v) is 6.96. The largest absolute Gasteiger partial charge is 0.497 e. The zero-order valence-corrected chi connectivity index (χ0v) is 21.1. The molecule has 0 bridgehead atoms. The van der Waals surface area contributed by atoms with Crippen molar-refractivity contribution in [2.45, 2.75) is 11.6 Å². The average molecular weight is 518 g/mol. The summed E-state index contributed by atoms with van der Waals surface area (Å²) in [5.41, 5.74) is 3.95. The second-order valence-corrected chi connectivity index (χ2v) is 9.48. The molecule has 182 valence electrons. The van der Waals surface area contributed by atoms with Gasteiger partial charge in [-0.15, -0.1) is 10.2 Å². The maximum atomic E-state index is 12.6. The molecule has 0 unspecified atom stereocenters. The topological polar surface area (TPSA) is 84.8 Å². The number of methoxy groups -OCH3 is 1. The molecule has 1 amide bonds. The molecule has 0 aliphatic heterocycles. The monoisotopic (exact) mass is 517 g/mol. The van der Waals surface area contributed by atoms with Crippen molar-refractivity contribution >= 4 is 40.2 Å². The van der Waals surface area contributed by atoms with Gasteiger partial charge in [-0.3, -0.25) is 9.36 Å². The van der Waals surface area contributed by atoms with E-state index in [4.69, 9.17) is 16.3 Å². The van der Waals surface area contributed by atoms with Gasteiger partial charge in [0.2, 0.25) is 5.91 Å². The maximum Gasteiger partial charge on any atom is 0.230 e. The molecule has 5 aromatic rings. The smallest absolute Gasteiger partial charge is 0.230 e. The van der Waals surface area contributed by atoms with Gasteiger partial charge >= 0.3 is 0 Å². The van der Waals surface area contributed by atoms with Crippen molar-refractivity contribution in [1.82, 2.24) is 25.1 Å². The van der Waals surface area contributed by atoms with E-state index in [-0.39, 0.29) is 11.7 Å². The van der Waals surface area contributed by atoms with E-state index in [1.54, 1.807) is 7.11 Å². The molecule has 0 aliphatic carbocycles. The van der Waals surface area contributed by atoms with E-state index in [0.29, 0.717) is 22.5 Å². The minimum absolute atomic E-state index is 0.0622. The van der Waals surface area contributed by atoms with Crippen LogP contribution in [0.2, 0.25) is 5.02 Å². The number of benzene rings is 3. The van der Waals surface area contributed by atoms with Crippen LogP contribution in [0.1, 0.15) is 5.56 Å². The Labute approximate surface area is 217 Å². The number of thioether (sulfide) groups is 1. The lowest BCUT2D eigenvalue weighted by molar-refractivity contribution is -0.118. The molecular formula is C27H24ClN5O2S. The Morgan fingerprint density at radius 3 is 2.61 bits per heavy atom. The molecule has 3 aromatic carbocycles. The second kappa shape index (κ2) is 10.9. The summed E-state index contributed by atoms with van der Waals surface area (Å²) in [5, 5.41) is 14.2. The number of nitrogens with one attached hydrogen (secondary N) is 2. The Morgan fingerprint density at radius 2 is 1.83 bits per heavy atom. The first kappa shape index (κ1) is 24.0. The molecule has 2 N–H and O–H groups in total. The van der Waals surface area contributed by atoms with Gasteiger partial charge in [0.1, 0.15) is 5.75 Å². The van der Waals surface area contributed by atoms with E-state index in [9.17, 15) is 4.79 Å². The standard InChI is InChI=1S/C27H24ClN5O2S/c1-35-21-12-6-18(7-13-21)14-15-29-25(34)17-36-27-32-31-26(33(27)20-10-8-19(28)9-11-20)23-16-30-24-5-3-2-4-22(23)24/h2-13,16,30H,14-15,17H2,1H3,(H,29,34). The average Bonchev–Trinajstić information content (AvgIpc) is 3.52. The Bertz CT molecular complexity index is 1480. The van der Waals surface area contributed by atoms with Crippen LogP contribution in [-0.2, 0) is 11.2 Å². The molecule has 0 radical (unpaired) electrons. The summed E-state index contributed by atoms with van der Waals surface area (Å²) in [6.07, 6.45) is 2.67. The Kier molecular flexibility index (Phi) is 7.25. The summed E-state index contributed by atoms with van der Waals surface area (Å²) < 4.78 is 7.15. The lowest BCUT2D eigenvalue weighted by Crippen LogP contribution is -2.27. The van der Waals surface area contributed by atoms with E-state index in [2.05, 4.69) is 20.5 Å². The fourth-order valence-corrected chi connectivity index (χ4v) is 4.84. The first-order chi connectivity index (χ1) is 17.6. The highest BCUT2D eigenvalue weighted by Gasteiger charge is 2.19. The Morgan fingerprint density at radius 1 is 1.06 bits per heavy atom. The van der Waals surface area contributed by atoms with Gasteiger partial charge in [0.25, 0.3) is 0 Å². The number of rotatable bonds is 9. The summed E-state index contributed by atoms with van der Waals surface area (Å²) >= 11 is 7.48. The number of para-hydroxylation sites is 1. The number of hydrogen-bond acceptors (Lipinski definition) is 5. The molecule has 0 saturated carbocycles. The molecule has 0 atom stereocenters. The summed E-state index contributed by atoms with van der Waals surface area (Å²) in [7, 11) is 1.64. The number of ether oxygens (including phenoxy) is 1. The van der Waals surface area contributed by atoms with E-state index in [1.165, 1.54) is 11.8 Å². The molecule has 5 rings (SSSR count). The lowest BCUT2D eigenvalue weighted by Gasteiger charge is -2.10. The molecule has 0 aliphatic rings. The number of aromatic amines is 1. The van der Waals surface area contributed by atoms with E-state index >= 15 is 0 Å². The fourth-order valence-electron chi connectivity index (χ4n) is 3.94. The highest BCUT2D eigenvalue weighted by molar-refractivity contribution is 7.99. The van der Waals surface area contributed by atoms with Gasteiger partial charge in [-0.25, -0.2) is 0 Å². The predicted molar refractivity (Wildman–Crippen MR) is 144 cm³/mol. The molecule has 7 nitrogen and oxygen atoms in total. The number of carbonyl (C=O) groups is 1. The normalized spacial score (nSPS) is 11.1. The van der Waals surface area contributed by atoms with Crippen LogP contribution < -0.4 is 10.1 Å². The summed E-state index contributed by atoms with van der Waals surface area (Å²) in [4.78, 5) is 15.9. The van der Waals surface area contributed by atoms with Gasteiger partial charge in [-0.2, -0.15) is 0 Å². The number of carbonyl (C=O) groups excluding carboxylic acids is 1. The number of aromatic nitrogens is 4. The second-order valence-electron chi connectivity index (χ2n) is 8.10. The molecule has 9 heteroatoms. The van der Waals surface area contributed by atoms with Crippen molar-refractivity contribution in [2.24, 2.45) is 0 Å².